The minimum Gasteiger partial charge on any atom is -0.449 e. The van der Waals surface area contributed by atoms with E-state index in [9.17, 15) is 18.0 Å². The maximum Gasteiger partial charge on any atom is 0.340 e. The van der Waals surface area contributed by atoms with Crippen LogP contribution in [0.5, 0.6) is 0 Å². The minimum absolute atomic E-state index is 0.0618. The number of hydrogen-bond donors (Lipinski definition) is 2. The third kappa shape index (κ3) is 4.88. The topological polar surface area (TPSA) is 116 Å². The molecule has 2 rings (SSSR count). The molecule has 1 atom stereocenters. The Kier molecular flexibility index (Phi) is 5.61. The van der Waals surface area contributed by atoms with Crippen LogP contribution in [0.2, 0.25) is 0 Å². The molecule has 7 nitrogen and oxygen atoms in total. The number of sulfonamides is 1. The van der Waals surface area contributed by atoms with E-state index >= 15 is 0 Å². The summed E-state index contributed by atoms with van der Waals surface area (Å²) in [7, 11) is -3.79. The highest BCUT2D eigenvalue weighted by molar-refractivity contribution is 7.89. The van der Waals surface area contributed by atoms with Gasteiger partial charge in [-0.05, 0) is 51.1 Å². The molecule has 0 saturated heterocycles. The zero-order valence-electron chi connectivity index (χ0n) is 13.9. The van der Waals surface area contributed by atoms with E-state index in [4.69, 9.17) is 9.88 Å². The SMILES string of the molecule is Cc1cc(C(=O)O[C@H](C)C(=O)Nc2ccc(S(N)(=O)=O)cc2)c(C)s1. The number of ether oxygens (including phenoxy) is 1. The number of nitrogens with one attached hydrogen (secondary N) is 1. The number of amides is 1. The third-order valence-corrected chi connectivity index (χ3v) is 5.26. The fraction of sp³-hybridized carbons (Fsp3) is 0.250. The monoisotopic (exact) mass is 382 g/mol. The van der Waals surface area contributed by atoms with Crippen molar-refractivity contribution in [1.29, 1.82) is 0 Å². The summed E-state index contributed by atoms with van der Waals surface area (Å²) in [4.78, 5) is 26.0. The van der Waals surface area contributed by atoms with Gasteiger partial charge in [-0.3, -0.25) is 4.79 Å². The number of thiophene rings is 1. The van der Waals surface area contributed by atoms with Gasteiger partial charge >= 0.3 is 5.97 Å². The van der Waals surface area contributed by atoms with Gasteiger partial charge in [-0.2, -0.15) is 0 Å². The van der Waals surface area contributed by atoms with Crippen molar-refractivity contribution in [3.8, 4) is 0 Å². The molecule has 0 aliphatic heterocycles. The van der Waals surface area contributed by atoms with Gasteiger partial charge in [0, 0.05) is 15.4 Å². The fourth-order valence-corrected chi connectivity index (χ4v) is 3.51. The van der Waals surface area contributed by atoms with Gasteiger partial charge in [0.2, 0.25) is 10.0 Å². The molecule has 0 saturated carbocycles. The summed E-state index contributed by atoms with van der Waals surface area (Å²) in [5, 5.41) is 7.56. The highest BCUT2D eigenvalue weighted by atomic mass is 32.2. The average Bonchev–Trinajstić information content (AvgIpc) is 2.85. The van der Waals surface area contributed by atoms with E-state index in [0.717, 1.165) is 9.75 Å². The summed E-state index contributed by atoms with van der Waals surface area (Å²) < 4.78 is 27.6. The molecule has 0 spiro atoms. The molecule has 2 aromatic rings. The van der Waals surface area contributed by atoms with Gasteiger partial charge in [0.15, 0.2) is 6.10 Å². The number of nitrogens with two attached hydrogens (primary N) is 1. The first-order chi connectivity index (χ1) is 11.6. The van der Waals surface area contributed by atoms with Crippen LogP contribution in [0, 0.1) is 13.8 Å². The van der Waals surface area contributed by atoms with E-state index in [-0.39, 0.29) is 4.90 Å². The van der Waals surface area contributed by atoms with Gasteiger partial charge in [0.05, 0.1) is 10.5 Å². The van der Waals surface area contributed by atoms with Gasteiger partial charge in [-0.1, -0.05) is 0 Å². The van der Waals surface area contributed by atoms with E-state index < -0.39 is 28.0 Å². The predicted octanol–water partition coefficient (Wildman–Crippen LogP) is 2.20. The van der Waals surface area contributed by atoms with E-state index in [2.05, 4.69) is 5.32 Å². The molecule has 0 radical (unpaired) electrons. The molecule has 1 aromatic heterocycles. The molecular formula is C16H18N2O5S2. The van der Waals surface area contributed by atoms with Crippen molar-refractivity contribution in [3.05, 3.63) is 45.6 Å². The number of hydrogen-bond acceptors (Lipinski definition) is 6. The molecule has 0 bridgehead atoms. The molecule has 1 heterocycles. The fourth-order valence-electron chi connectivity index (χ4n) is 2.08. The first-order valence-corrected chi connectivity index (χ1v) is 9.66. The first-order valence-electron chi connectivity index (χ1n) is 7.29. The van der Waals surface area contributed by atoms with Gasteiger partial charge < -0.3 is 10.1 Å². The molecule has 0 aliphatic rings. The van der Waals surface area contributed by atoms with E-state index in [1.165, 1.54) is 42.5 Å². The van der Waals surface area contributed by atoms with Crippen LogP contribution in [-0.4, -0.2) is 26.4 Å². The Labute approximate surface area is 149 Å². The van der Waals surface area contributed by atoms with Crippen molar-refractivity contribution in [3.63, 3.8) is 0 Å². The summed E-state index contributed by atoms with van der Waals surface area (Å²) >= 11 is 1.48. The van der Waals surface area contributed by atoms with Crippen molar-refractivity contribution in [2.75, 3.05) is 5.32 Å². The maximum absolute atomic E-state index is 12.1. The van der Waals surface area contributed by atoms with Crippen LogP contribution in [0.4, 0.5) is 5.69 Å². The second kappa shape index (κ2) is 7.34. The number of carbonyl (C=O) groups excluding carboxylic acids is 2. The first kappa shape index (κ1) is 19.1. The van der Waals surface area contributed by atoms with Gasteiger partial charge in [0.25, 0.3) is 5.91 Å². The van der Waals surface area contributed by atoms with Gasteiger partial charge in [-0.15, -0.1) is 11.3 Å². The molecule has 0 aliphatic carbocycles. The lowest BCUT2D eigenvalue weighted by molar-refractivity contribution is -0.123. The Morgan fingerprint density at radius 1 is 1.20 bits per heavy atom. The Morgan fingerprint density at radius 3 is 2.28 bits per heavy atom. The molecule has 9 heteroatoms. The zero-order valence-corrected chi connectivity index (χ0v) is 15.5. The molecule has 1 aromatic carbocycles. The van der Waals surface area contributed by atoms with Crippen LogP contribution in [0.15, 0.2) is 35.2 Å². The molecule has 25 heavy (non-hydrogen) atoms. The second-order valence-corrected chi connectivity index (χ2v) is 8.45. The van der Waals surface area contributed by atoms with Crippen LogP contribution in [0.1, 0.15) is 27.0 Å². The number of esters is 1. The smallest absolute Gasteiger partial charge is 0.340 e. The Hall–Kier alpha value is -2.23. The number of anilines is 1. The standard InChI is InChI=1S/C16H18N2O5S2/c1-9-8-14(11(3)24-9)16(20)23-10(2)15(19)18-12-4-6-13(7-5-12)25(17,21)22/h4-8,10H,1-3H3,(H,18,19)(H2,17,21,22)/t10-/m1/s1. The third-order valence-electron chi connectivity index (χ3n) is 3.36. The summed E-state index contributed by atoms with van der Waals surface area (Å²) in [6.07, 6.45) is -1.01. The molecule has 3 N–H and O–H groups in total. The number of primary sulfonamides is 1. The van der Waals surface area contributed by atoms with Crippen molar-refractivity contribution in [1.82, 2.24) is 0 Å². The normalized spacial score (nSPS) is 12.5. The molecule has 0 unspecified atom stereocenters. The number of rotatable bonds is 5. The van der Waals surface area contributed by atoms with Crippen molar-refractivity contribution >= 4 is 38.9 Å². The Morgan fingerprint density at radius 2 is 1.80 bits per heavy atom. The lowest BCUT2D eigenvalue weighted by atomic mass is 10.2. The highest BCUT2D eigenvalue weighted by Crippen LogP contribution is 2.22. The Bertz CT molecular complexity index is 901. The zero-order chi connectivity index (χ0) is 18.8. The van der Waals surface area contributed by atoms with Gasteiger partial charge in [-0.25, -0.2) is 18.4 Å². The van der Waals surface area contributed by atoms with Crippen LogP contribution in [0.25, 0.3) is 0 Å². The number of aryl methyl sites for hydroxylation is 2. The predicted molar refractivity (Wildman–Crippen MR) is 95.1 cm³/mol. The lowest BCUT2D eigenvalue weighted by Crippen LogP contribution is -2.30. The summed E-state index contributed by atoms with van der Waals surface area (Å²) in [6, 6.07) is 7.08. The van der Waals surface area contributed by atoms with E-state index in [0.29, 0.717) is 11.3 Å². The number of carbonyl (C=O) groups is 2. The van der Waals surface area contributed by atoms with Crippen LogP contribution in [0.3, 0.4) is 0 Å². The van der Waals surface area contributed by atoms with Crippen LogP contribution in [-0.2, 0) is 19.6 Å². The molecule has 1 amide bonds. The largest absolute Gasteiger partial charge is 0.449 e. The summed E-state index contributed by atoms with van der Waals surface area (Å²) in [5.74, 6) is -1.09. The average molecular weight is 382 g/mol. The molecule has 0 fully saturated rings. The highest BCUT2D eigenvalue weighted by Gasteiger charge is 2.21. The molecule has 134 valence electrons. The molecular weight excluding hydrogens is 364 g/mol. The van der Waals surface area contributed by atoms with Crippen molar-refractivity contribution < 1.29 is 22.7 Å². The quantitative estimate of drug-likeness (QED) is 0.769. The number of benzene rings is 1. The van der Waals surface area contributed by atoms with Crippen molar-refractivity contribution in [2.24, 2.45) is 5.14 Å². The summed E-state index contributed by atoms with van der Waals surface area (Å²) in [5.41, 5.74) is 0.808. The minimum atomic E-state index is -3.79. The maximum atomic E-state index is 12.1. The van der Waals surface area contributed by atoms with Crippen LogP contribution < -0.4 is 10.5 Å². The van der Waals surface area contributed by atoms with E-state index in [1.807, 2.05) is 13.8 Å². The van der Waals surface area contributed by atoms with Crippen LogP contribution >= 0.6 is 11.3 Å². The Balaban J connectivity index is 2.00. The van der Waals surface area contributed by atoms with Crippen molar-refractivity contribution in [2.45, 2.75) is 31.8 Å². The second-order valence-electron chi connectivity index (χ2n) is 5.43. The van der Waals surface area contributed by atoms with Gasteiger partial charge in [0.1, 0.15) is 0 Å². The van der Waals surface area contributed by atoms with E-state index in [1.54, 1.807) is 6.07 Å². The lowest BCUT2D eigenvalue weighted by Gasteiger charge is -2.13. The summed E-state index contributed by atoms with van der Waals surface area (Å²) in [6.45, 7) is 5.16.